The molecule has 0 aromatic heterocycles. The first-order valence-electron chi connectivity index (χ1n) is 5.14. The number of carbonyl (C=O) groups is 2. The summed E-state index contributed by atoms with van der Waals surface area (Å²) in [5, 5.41) is 0. The van der Waals surface area contributed by atoms with Gasteiger partial charge in [0.1, 0.15) is 5.60 Å². The van der Waals surface area contributed by atoms with E-state index in [1.165, 1.54) is 7.11 Å². The van der Waals surface area contributed by atoms with Crippen LogP contribution in [0.5, 0.6) is 0 Å². The van der Waals surface area contributed by atoms with Gasteiger partial charge < -0.3 is 9.47 Å². The third-order valence-electron chi connectivity index (χ3n) is 1.28. The van der Waals surface area contributed by atoms with Crippen LogP contribution >= 0.6 is 0 Å². The maximum Gasteiger partial charge on any atom is 0.333 e. The Morgan fingerprint density at radius 1 is 0.941 bits per heavy atom. The predicted molar refractivity (Wildman–Crippen MR) is 67.5 cm³/mol. The molecular weight excluding hydrogens is 220 g/mol. The molecule has 0 bridgehead atoms. The Balaban J connectivity index is 0. The highest BCUT2D eigenvalue weighted by atomic mass is 16.6. The summed E-state index contributed by atoms with van der Waals surface area (Å²) in [5.41, 5.74) is 0.466. The van der Waals surface area contributed by atoms with E-state index in [0.29, 0.717) is 11.1 Å². The summed E-state index contributed by atoms with van der Waals surface area (Å²) < 4.78 is 9.23. The van der Waals surface area contributed by atoms with Crippen LogP contribution in [0.1, 0.15) is 34.6 Å². The number of hydrogen-bond donors (Lipinski definition) is 0. The molecule has 98 valence electrons. The minimum atomic E-state index is -0.407. The molecule has 0 saturated heterocycles. The van der Waals surface area contributed by atoms with Crippen molar-refractivity contribution in [2.75, 3.05) is 7.11 Å². The van der Waals surface area contributed by atoms with E-state index in [0.717, 1.165) is 0 Å². The second-order valence-electron chi connectivity index (χ2n) is 4.55. The van der Waals surface area contributed by atoms with E-state index in [2.05, 4.69) is 17.9 Å². The molecule has 0 aromatic carbocycles. The number of carbonyl (C=O) groups excluding carboxylic acids is 2. The monoisotopic (exact) mass is 242 g/mol. The van der Waals surface area contributed by atoms with Crippen molar-refractivity contribution in [2.45, 2.75) is 40.2 Å². The van der Waals surface area contributed by atoms with Crippen LogP contribution in [0.25, 0.3) is 0 Å². The van der Waals surface area contributed by atoms with Crippen LogP contribution in [0.3, 0.4) is 0 Å². The molecule has 4 nitrogen and oxygen atoms in total. The second kappa shape index (κ2) is 7.65. The highest BCUT2D eigenvalue weighted by Crippen LogP contribution is 2.09. The summed E-state index contributed by atoms with van der Waals surface area (Å²) in [5.74, 6) is -0.674. The number of methoxy groups -OCH3 is 1. The molecule has 0 N–H and O–H groups in total. The lowest BCUT2D eigenvalue weighted by Gasteiger charge is -2.19. The van der Waals surface area contributed by atoms with Crippen molar-refractivity contribution in [3.63, 3.8) is 0 Å². The first kappa shape index (κ1) is 17.8. The van der Waals surface area contributed by atoms with Gasteiger partial charge >= 0.3 is 11.9 Å². The molecule has 0 aliphatic rings. The fourth-order valence-corrected chi connectivity index (χ4v) is 0.539. The van der Waals surface area contributed by atoms with E-state index in [1.807, 2.05) is 20.8 Å². The highest BCUT2D eigenvalue weighted by Gasteiger charge is 2.15. The predicted octanol–water partition coefficient (Wildman–Crippen LogP) is 2.64. The molecule has 0 heterocycles. The highest BCUT2D eigenvalue weighted by molar-refractivity contribution is 5.87. The van der Waals surface area contributed by atoms with Gasteiger partial charge in [-0.2, -0.15) is 0 Å². The van der Waals surface area contributed by atoms with E-state index in [4.69, 9.17) is 4.74 Å². The molecule has 0 saturated carbocycles. The molecule has 0 aliphatic carbocycles. The molecule has 0 atom stereocenters. The van der Waals surface area contributed by atoms with Gasteiger partial charge in [-0.1, -0.05) is 13.2 Å². The van der Waals surface area contributed by atoms with Gasteiger partial charge in [0.05, 0.1) is 7.11 Å². The Morgan fingerprint density at radius 3 is 1.35 bits per heavy atom. The second-order valence-corrected chi connectivity index (χ2v) is 4.55. The lowest BCUT2D eigenvalue weighted by Crippen LogP contribution is -2.23. The van der Waals surface area contributed by atoms with Gasteiger partial charge in [-0.25, -0.2) is 9.59 Å². The van der Waals surface area contributed by atoms with Gasteiger partial charge in [-0.3, -0.25) is 0 Å². The first-order valence-corrected chi connectivity index (χ1v) is 5.14. The number of rotatable bonds is 2. The van der Waals surface area contributed by atoms with Gasteiger partial charge in [0.15, 0.2) is 0 Å². The van der Waals surface area contributed by atoms with Gasteiger partial charge in [-0.05, 0) is 34.6 Å². The summed E-state index contributed by atoms with van der Waals surface area (Å²) in [6.45, 7) is 15.5. The smallest absolute Gasteiger partial charge is 0.333 e. The normalized spacial score (nSPS) is 9.53. The molecule has 0 aromatic rings. The zero-order chi connectivity index (χ0) is 14.2. The van der Waals surface area contributed by atoms with Gasteiger partial charge in [-0.15, -0.1) is 0 Å². The largest absolute Gasteiger partial charge is 0.466 e. The molecule has 0 radical (unpaired) electrons. The van der Waals surface area contributed by atoms with Crippen LogP contribution < -0.4 is 0 Å². The van der Waals surface area contributed by atoms with Crippen molar-refractivity contribution in [3.8, 4) is 0 Å². The molecule has 0 spiro atoms. The molecular formula is C13H22O4. The van der Waals surface area contributed by atoms with Gasteiger partial charge in [0.2, 0.25) is 0 Å². The Hall–Kier alpha value is -1.58. The Kier molecular flexibility index (Phi) is 8.02. The van der Waals surface area contributed by atoms with E-state index in [-0.39, 0.29) is 11.9 Å². The minimum absolute atomic E-state index is 0.326. The minimum Gasteiger partial charge on any atom is -0.466 e. The van der Waals surface area contributed by atoms with Gasteiger partial charge in [0.25, 0.3) is 0 Å². The Bertz CT molecular complexity index is 308. The van der Waals surface area contributed by atoms with Crippen molar-refractivity contribution in [1.29, 1.82) is 0 Å². The van der Waals surface area contributed by atoms with Crippen LogP contribution in [-0.4, -0.2) is 24.6 Å². The maximum absolute atomic E-state index is 10.8. The molecule has 0 fully saturated rings. The fourth-order valence-electron chi connectivity index (χ4n) is 0.539. The summed E-state index contributed by atoms with van der Waals surface area (Å²) in [4.78, 5) is 21.0. The third kappa shape index (κ3) is 12.4. The third-order valence-corrected chi connectivity index (χ3v) is 1.28. The van der Waals surface area contributed by atoms with Crippen LogP contribution in [0.2, 0.25) is 0 Å². The van der Waals surface area contributed by atoms with Crippen molar-refractivity contribution in [3.05, 3.63) is 24.3 Å². The summed E-state index contributed by atoms with van der Waals surface area (Å²) in [6.07, 6.45) is 0. The zero-order valence-corrected chi connectivity index (χ0v) is 11.5. The Morgan fingerprint density at radius 2 is 1.29 bits per heavy atom. The van der Waals surface area contributed by atoms with Crippen LogP contribution in [0, 0.1) is 0 Å². The summed E-state index contributed by atoms with van der Waals surface area (Å²) in [6, 6.07) is 0. The first-order chi connectivity index (χ1) is 7.51. The topological polar surface area (TPSA) is 52.6 Å². The molecule has 0 unspecified atom stereocenters. The zero-order valence-electron chi connectivity index (χ0n) is 11.5. The van der Waals surface area contributed by atoms with Crippen molar-refractivity contribution >= 4 is 11.9 Å². The van der Waals surface area contributed by atoms with Gasteiger partial charge in [0, 0.05) is 11.1 Å². The van der Waals surface area contributed by atoms with Crippen LogP contribution in [0.4, 0.5) is 0 Å². The average Bonchev–Trinajstić information content (AvgIpc) is 2.14. The van der Waals surface area contributed by atoms with E-state index in [1.54, 1.807) is 13.8 Å². The number of hydrogen-bond acceptors (Lipinski definition) is 4. The molecule has 17 heavy (non-hydrogen) atoms. The molecule has 0 amide bonds. The number of ether oxygens (including phenoxy) is 2. The quantitative estimate of drug-likeness (QED) is 0.551. The fraction of sp³-hybridized carbons (Fsp3) is 0.538. The maximum atomic E-state index is 10.8. The van der Waals surface area contributed by atoms with Crippen LogP contribution in [-0.2, 0) is 19.1 Å². The SMILES string of the molecule is C=C(C)C(=O)OC.C=C(C)C(=O)OC(C)(C)C. The van der Waals surface area contributed by atoms with E-state index < -0.39 is 5.60 Å². The summed E-state index contributed by atoms with van der Waals surface area (Å²) >= 11 is 0. The van der Waals surface area contributed by atoms with E-state index >= 15 is 0 Å². The molecule has 0 aliphatic heterocycles. The molecule has 4 heteroatoms. The van der Waals surface area contributed by atoms with Crippen molar-refractivity contribution in [1.82, 2.24) is 0 Å². The van der Waals surface area contributed by atoms with Crippen molar-refractivity contribution < 1.29 is 19.1 Å². The van der Waals surface area contributed by atoms with Crippen LogP contribution in [0.15, 0.2) is 24.3 Å². The van der Waals surface area contributed by atoms with E-state index in [9.17, 15) is 9.59 Å². The van der Waals surface area contributed by atoms with Crippen molar-refractivity contribution in [2.24, 2.45) is 0 Å². The molecule has 0 rings (SSSR count). The Labute approximate surface area is 103 Å². The lowest BCUT2D eigenvalue weighted by molar-refractivity contribution is -0.149. The average molecular weight is 242 g/mol. The number of esters is 2. The summed E-state index contributed by atoms with van der Waals surface area (Å²) in [7, 11) is 1.33. The standard InChI is InChI=1S/C8H14O2.C5H8O2/c1-6(2)7(9)10-8(3,4)5;1-4(2)5(6)7-3/h1H2,2-5H3;1H2,2-3H3. The lowest BCUT2D eigenvalue weighted by atomic mass is 10.2.